The number of fused-ring (bicyclic) bond motifs is 1. The van der Waals surface area contributed by atoms with Crippen LogP contribution in [0.5, 0.6) is 0 Å². The van der Waals surface area contributed by atoms with Gasteiger partial charge in [-0.25, -0.2) is 4.98 Å². The van der Waals surface area contributed by atoms with E-state index in [1.807, 2.05) is 18.2 Å². The molecule has 2 nitrogen and oxygen atoms in total. The molecule has 0 spiro atoms. The van der Waals surface area contributed by atoms with E-state index in [0.29, 0.717) is 6.42 Å². The molecule has 0 aliphatic carbocycles. The van der Waals surface area contributed by atoms with Gasteiger partial charge in [0, 0.05) is 6.42 Å². The van der Waals surface area contributed by atoms with Gasteiger partial charge in [0.15, 0.2) is 0 Å². The van der Waals surface area contributed by atoms with Gasteiger partial charge in [0.2, 0.25) is 0 Å². The van der Waals surface area contributed by atoms with Gasteiger partial charge in [-0.3, -0.25) is 0 Å². The number of para-hydroxylation sites is 1. The summed E-state index contributed by atoms with van der Waals surface area (Å²) in [7, 11) is 0. The van der Waals surface area contributed by atoms with Crippen molar-refractivity contribution in [1.29, 1.82) is 0 Å². The summed E-state index contributed by atoms with van der Waals surface area (Å²) in [5.41, 5.74) is 3.58. The molecule has 1 N–H and O–H groups in total. The van der Waals surface area contributed by atoms with E-state index in [4.69, 9.17) is 0 Å². The molecule has 0 amide bonds. The van der Waals surface area contributed by atoms with Crippen molar-refractivity contribution in [2.75, 3.05) is 0 Å². The second-order valence-corrected chi connectivity index (χ2v) is 6.57. The zero-order valence-corrected chi connectivity index (χ0v) is 12.9. The van der Waals surface area contributed by atoms with Gasteiger partial charge in [0.05, 0.1) is 21.3 Å². The molecule has 0 radical (unpaired) electrons. The molecule has 1 heterocycles. The third-order valence-corrected chi connectivity index (χ3v) is 4.69. The first-order valence-corrected chi connectivity index (χ1v) is 8.10. The Balaban J connectivity index is 1.58. The molecular formula is C18H19NOS. The van der Waals surface area contributed by atoms with Crippen molar-refractivity contribution >= 4 is 21.6 Å². The number of aryl methyl sites for hydroxylation is 2. The SMILES string of the molecule is Cc1ccc(CCC(O)Cc2nc3ccccc3s2)cc1. The van der Waals surface area contributed by atoms with Crippen LogP contribution in [0.15, 0.2) is 48.5 Å². The zero-order chi connectivity index (χ0) is 14.7. The molecule has 1 atom stereocenters. The summed E-state index contributed by atoms with van der Waals surface area (Å²) >= 11 is 1.68. The minimum Gasteiger partial charge on any atom is -0.393 e. The molecule has 1 unspecified atom stereocenters. The summed E-state index contributed by atoms with van der Waals surface area (Å²) in [6.07, 6.45) is 2.00. The van der Waals surface area contributed by atoms with Crippen LogP contribution < -0.4 is 0 Å². The Bertz CT molecular complexity index is 684. The number of thiazole rings is 1. The van der Waals surface area contributed by atoms with Crippen LogP contribution in [0.4, 0.5) is 0 Å². The van der Waals surface area contributed by atoms with E-state index < -0.39 is 0 Å². The number of hydrogen-bond donors (Lipinski definition) is 1. The van der Waals surface area contributed by atoms with Crippen LogP contribution in [0.1, 0.15) is 22.6 Å². The standard InChI is InChI=1S/C18H19NOS/c1-13-6-8-14(9-7-13)10-11-15(20)12-18-19-16-4-2-3-5-17(16)21-18/h2-9,15,20H,10-12H2,1H3. The average molecular weight is 297 g/mol. The molecule has 0 bridgehead atoms. The van der Waals surface area contributed by atoms with Crippen molar-refractivity contribution < 1.29 is 5.11 Å². The molecule has 0 saturated heterocycles. The van der Waals surface area contributed by atoms with E-state index in [0.717, 1.165) is 23.4 Å². The monoisotopic (exact) mass is 297 g/mol. The molecule has 0 aliphatic heterocycles. The Hall–Kier alpha value is -1.71. The Morgan fingerprint density at radius 3 is 2.62 bits per heavy atom. The van der Waals surface area contributed by atoms with Gasteiger partial charge in [-0.2, -0.15) is 0 Å². The molecule has 1 aromatic heterocycles. The Morgan fingerprint density at radius 1 is 1.10 bits per heavy atom. The van der Waals surface area contributed by atoms with Crippen LogP contribution in [0.3, 0.4) is 0 Å². The third kappa shape index (κ3) is 3.69. The summed E-state index contributed by atoms with van der Waals surface area (Å²) in [4.78, 5) is 4.58. The number of rotatable bonds is 5. The highest BCUT2D eigenvalue weighted by Crippen LogP contribution is 2.23. The van der Waals surface area contributed by atoms with Gasteiger partial charge in [-0.15, -0.1) is 11.3 Å². The van der Waals surface area contributed by atoms with Crippen LogP contribution in [-0.4, -0.2) is 16.2 Å². The molecule has 0 saturated carbocycles. The molecule has 2 aromatic carbocycles. The lowest BCUT2D eigenvalue weighted by atomic mass is 10.0. The van der Waals surface area contributed by atoms with Crippen LogP contribution >= 0.6 is 11.3 Å². The smallest absolute Gasteiger partial charge is 0.0964 e. The zero-order valence-electron chi connectivity index (χ0n) is 12.1. The van der Waals surface area contributed by atoms with E-state index in [1.165, 1.54) is 15.8 Å². The molecule has 3 rings (SSSR count). The highest BCUT2D eigenvalue weighted by molar-refractivity contribution is 7.18. The fourth-order valence-electron chi connectivity index (χ4n) is 2.40. The maximum absolute atomic E-state index is 10.2. The lowest BCUT2D eigenvalue weighted by Crippen LogP contribution is -2.11. The minimum absolute atomic E-state index is 0.327. The van der Waals surface area contributed by atoms with Crippen molar-refractivity contribution in [3.05, 3.63) is 64.7 Å². The van der Waals surface area contributed by atoms with E-state index in [2.05, 4.69) is 42.2 Å². The van der Waals surface area contributed by atoms with Gasteiger partial charge in [-0.1, -0.05) is 42.0 Å². The number of hydrogen-bond acceptors (Lipinski definition) is 3. The van der Waals surface area contributed by atoms with Gasteiger partial charge in [0.1, 0.15) is 0 Å². The lowest BCUT2D eigenvalue weighted by Gasteiger charge is -2.08. The van der Waals surface area contributed by atoms with E-state index in [9.17, 15) is 5.11 Å². The van der Waals surface area contributed by atoms with E-state index >= 15 is 0 Å². The fourth-order valence-corrected chi connectivity index (χ4v) is 3.44. The molecule has 3 aromatic rings. The largest absolute Gasteiger partial charge is 0.393 e. The Morgan fingerprint density at radius 2 is 1.86 bits per heavy atom. The summed E-state index contributed by atoms with van der Waals surface area (Å²) in [6.45, 7) is 2.09. The summed E-state index contributed by atoms with van der Waals surface area (Å²) in [5.74, 6) is 0. The van der Waals surface area contributed by atoms with Crippen molar-refractivity contribution in [2.45, 2.75) is 32.3 Å². The number of aromatic nitrogens is 1. The van der Waals surface area contributed by atoms with Crippen molar-refractivity contribution in [2.24, 2.45) is 0 Å². The van der Waals surface area contributed by atoms with E-state index in [1.54, 1.807) is 11.3 Å². The quantitative estimate of drug-likeness (QED) is 0.767. The molecular weight excluding hydrogens is 278 g/mol. The van der Waals surface area contributed by atoms with Crippen molar-refractivity contribution in [3.63, 3.8) is 0 Å². The van der Waals surface area contributed by atoms with Gasteiger partial charge < -0.3 is 5.11 Å². The van der Waals surface area contributed by atoms with Crippen molar-refractivity contribution in [1.82, 2.24) is 4.98 Å². The molecule has 108 valence electrons. The van der Waals surface area contributed by atoms with Crippen LogP contribution in [-0.2, 0) is 12.8 Å². The average Bonchev–Trinajstić information content (AvgIpc) is 2.88. The maximum atomic E-state index is 10.2. The van der Waals surface area contributed by atoms with Crippen LogP contribution in [0.2, 0.25) is 0 Å². The van der Waals surface area contributed by atoms with Crippen LogP contribution in [0.25, 0.3) is 10.2 Å². The Kier molecular flexibility index (Phi) is 4.32. The summed E-state index contributed by atoms with van der Waals surface area (Å²) in [6, 6.07) is 16.6. The summed E-state index contributed by atoms with van der Waals surface area (Å²) in [5, 5.41) is 11.2. The molecule has 0 fully saturated rings. The summed E-state index contributed by atoms with van der Waals surface area (Å²) < 4.78 is 1.19. The number of nitrogens with zero attached hydrogens (tertiary/aromatic N) is 1. The second-order valence-electron chi connectivity index (χ2n) is 5.46. The van der Waals surface area contributed by atoms with Gasteiger partial charge in [-0.05, 0) is 37.5 Å². The molecule has 0 aliphatic rings. The first-order valence-electron chi connectivity index (χ1n) is 7.29. The Labute approximate surface area is 129 Å². The van der Waals surface area contributed by atoms with E-state index in [-0.39, 0.29) is 6.10 Å². The minimum atomic E-state index is -0.327. The molecule has 21 heavy (non-hydrogen) atoms. The predicted molar refractivity (Wildman–Crippen MR) is 88.8 cm³/mol. The highest BCUT2D eigenvalue weighted by atomic mass is 32.1. The first-order chi connectivity index (χ1) is 10.2. The van der Waals surface area contributed by atoms with Gasteiger partial charge in [0.25, 0.3) is 0 Å². The first kappa shape index (κ1) is 14.2. The molecule has 3 heteroatoms. The normalized spacial score (nSPS) is 12.7. The second kappa shape index (κ2) is 6.37. The number of aliphatic hydroxyl groups excluding tert-OH is 1. The predicted octanol–water partition coefficient (Wildman–Crippen LogP) is 4.14. The maximum Gasteiger partial charge on any atom is 0.0964 e. The lowest BCUT2D eigenvalue weighted by molar-refractivity contribution is 0.165. The van der Waals surface area contributed by atoms with Gasteiger partial charge >= 0.3 is 0 Å². The topological polar surface area (TPSA) is 33.1 Å². The third-order valence-electron chi connectivity index (χ3n) is 3.64. The van der Waals surface area contributed by atoms with Crippen LogP contribution in [0, 0.1) is 6.92 Å². The number of benzene rings is 2. The number of aliphatic hydroxyl groups is 1. The van der Waals surface area contributed by atoms with Crippen molar-refractivity contribution in [3.8, 4) is 0 Å². The highest BCUT2D eigenvalue weighted by Gasteiger charge is 2.10. The fraction of sp³-hybridized carbons (Fsp3) is 0.278.